The Morgan fingerprint density at radius 3 is 2.59 bits per heavy atom. The van der Waals surface area contributed by atoms with Gasteiger partial charge in [-0.25, -0.2) is 0 Å². The molecule has 0 spiro atoms. The predicted molar refractivity (Wildman–Crippen MR) is 60.7 cm³/mol. The number of hydrogen-bond donors (Lipinski definition) is 2. The number of piperidine rings is 1. The quantitative estimate of drug-likeness (QED) is 0.800. The number of hydrogen-bond acceptors (Lipinski definition) is 3. The van der Waals surface area contributed by atoms with E-state index in [1.807, 2.05) is 30.3 Å². The van der Waals surface area contributed by atoms with Crippen LogP contribution in [0.5, 0.6) is 0 Å². The standard InChI is InChI=1S/C13H15NO3/c15-7-11(8-4-2-1-3-5-8)14-12(16)9-6-10(9)13(14)17/h1-5,9-12,15-16H,6-7H2/t9-,10+,11?,12?/m1/s1. The summed E-state index contributed by atoms with van der Waals surface area (Å²) in [5, 5.41) is 19.5. The SMILES string of the molecule is O=C1[C@H]2C[C@H]2C(O)N1C(CO)c1ccccc1. The van der Waals surface area contributed by atoms with Gasteiger partial charge in [-0.05, 0) is 12.0 Å². The number of fused-ring (bicyclic) bond motifs is 1. The van der Waals surface area contributed by atoms with E-state index in [1.54, 1.807) is 0 Å². The van der Waals surface area contributed by atoms with Crippen LogP contribution in [-0.4, -0.2) is 33.9 Å². The summed E-state index contributed by atoms with van der Waals surface area (Å²) in [5.74, 6) is 0.0495. The number of carbonyl (C=O) groups is 1. The normalized spacial score (nSPS) is 32.5. The molecule has 0 radical (unpaired) electrons. The van der Waals surface area contributed by atoms with Crippen LogP contribution in [0.3, 0.4) is 0 Å². The van der Waals surface area contributed by atoms with Crippen LogP contribution in [0.15, 0.2) is 30.3 Å². The minimum absolute atomic E-state index is 0.0113. The molecule has 1 aromatic carbocycles. The third-order valence-corrected chi connectivity index (χ3v) is 3.77. The van der Waals surface area contributed by atoms with Crippen molar-refractivity contribution in [3.05, 3.63) is 35.9 Å². The van der Waals surface area contributed by atoms with Gasteiger partial charge in [0.2, 0.25) is 5.91 Å². The van der Waals surface area contributed by atoms with Crippen LogP contribution in [-0.2, 0) is 4.79 Å². The van der Waals surface area contributed by atoms with Crippen molar-refractivity contribution >= 4 is 5.91 Å². The fourth-order valence-corrected chi connectivity index (χ4v) is 2.72. The van der Waals surface area contributed by atoms with Gasteiger partial charge in [-0.1, -0.05) is 30.3 Å². The van der Waals surface area contributed by atoms with Gasteiger partial charge in [0, 0.05) is 11.8 Å². The van der Waals surface area contributed by atoms with Gasteiger partial charge >= 0.3 is 0 Å². The Morgan fingerprint density at radius 2 is 2.06 bits per heavy atom. The van der Waals surface area contributed by atoms with Gasteiger partial charge in [-0.15, -0.1) is 0 Å². The second kappa shape index (κ2) is 3.82. The van der Waals surface area contributed by atoms with Crippen LogP contribution >= 0.6 is 0 Å². The van der Waals surface area contributed by atoms with Crippen LogP contribution in [0, 0.1) is 11.8 Å². The average molecular weight is 233 g/mol. The molecule has 1 saturated carbocycles. The molecule has 1 aliphatic carbocycles. The van der Waals surface area contributed by atoms with Gasteiger partial charge < -0.3 is 15.1 Å². The number of benzene rings is 1. The minimum Gasteiger partial charge on any atom is -0.394 e. The number of amides is 1. The van der Waals surface area contributed by atoms with E-state index in [0.29, 0.717) is 0 Å². The second-order valence-electron chi connectivity index (χ2n) is 4.77. The fraction of sp³-hybridized carbons (Fsp3) is 0.462. The number of aliphatic hydroxyl groups excluding tert-OH is 2. The highest BCUT2D eigenvalue weighted by Gasteiger charge is 2.59. The zero-order valence-corrected chi connectivity index (χ0v) is 9.36. The largest absolute Gasteiger partial charge is 0.394 e. The smallest absolute Gasteiger partial charge is 0.228 e. The Labute approximate surface area is 99.5 Å². The zero-order chi connectivity index (χ0) is 12.0. The van der Waals surface area contributed by atoms with Crippen LogP contribution in [0.25, 0.3) is 0 Å². The van der Waals surface area contributed by atoms with Crippen LogP contribution in [0.1, 0.15) is 18.0 Å². The molecule has 17 heavy (non-hydrogen) atoms. The third-order valence-electron chi connectivity index (χ3n) is 3.77. The molecule has 4 heteroatoms. The van der Waals surface area contributed by atoms with Crippen molar-refractivity contribution in [3.8, 4) is 0 Å². The Morgan fingerprint density at radius 1 is 1.35 bits per heavy atom. The Bertz CT molecular complexity index is 434. The van der Waals surface area contributed by atoms with E-state index in [0.717, 1.165) is 12.0 Å². The van der Waals surface area contributed by atoms with Gasteiger partial charge in [-0.3, -0.25) is 4.79 Å². The lowest BCUT2D eigenvalue weighted by molar-refractivity contribution is -0.142. The molecule has 1 amide bonds. The second-order valence-corrected chi connectivity index (χ2v) is 4.77. The van der Waals surface area contributed by atoms with Crippen molar-refractivity contribution in [2.24, 2.45) is 11.8 Å². The van der Waals surface area contributed by atoms with E-state index in [1.165, 1.54) is 4.90 Å². The molecular weight excluding hydrogens is 218 g/mol. The molecular formula is C13H15NO3. The first-order chi connectivity index (χ1) is 8.24. The maximum atomic E-state index is 12.0. The van der Waals surface area contributed by atoms with E-state index in [4.69, 9.17) is 0 Å². The predicted octanol–water partition coefficient (Wildman–Crippen LogP) is 0.517. The third kappa shape index (κ3) is 1.56. The topological polar surface area (TPSA) is 60.8 Å². The van der Waals surface area contributed by atoms with Crippen molar-refractivity contribution in [2.75, 3.05) is 6.61 Å². The van der Waals surface area contributed by atoms with Crippen molar-refractivity contribution in [2.45, 2.75) is 18.7 Å². The molecule has 4 nitrogen and oxygen atoms in total. The molecule has 0 aromatic heterocycles. The van der Waals surface area contributed by atoms with Gasteiger partial charge in [0.1, 0.15) is 6.23 Å². The summed E-state index contributed by atoms with van der Waals surface area (Å²) in [4.78, 5) is 13.4. The molecule has 4 atom stereocenters. The lowest BCUT2D eigenvalue weighted by Crippen LogP contribution is -2.41. The maximum Gasteiger partial charge on any atom is 0.228 e. The first kappa shape index (κ1) is 10.7. The molecule has 0 bridgehead atoms. The highest BCUT2D eigenvalue weighted by Crippen LogP contribution is 2.51. The van der Waals surface area contributed by atoms with E-state index >= 15 is 0 Å². The summed E-state index contributed by atoms with van der Waals surface area (Å²) in [6, 6.07) is 8.93. The summed E-state index contributed by atoms with van der Waals surface area (Å²) < 4.78 is 0. The van der Waals surface area contributed by atoms with E-state index in [-0.39, 0.29) is 24.3 Å². The molecule has 1 aromatic rings. The summed E-state index contributed by atoms with van der Waals surface area (Å²) >= 11 is 0. The van der Waals surface area contributed by atoms with Crippen molar-refractivity contribution in [1.29, 1.82) is 0 Å². The lowest BCUT2D eigenvalue weighted by atomic mass is 10.1. The van der Waals surface area contributed by atoms with Crippen molar-refractivity contribution < 1.29 is 15.0 Å². The minimum atomic E-state index is -0.732. The van der Waals surface area contributed by atoms with E-state index in [9.17, 15) is 15.0 Å². The maximum absolute atomic E-state index is 12.0. The van der Waals surface area contributed by atoms with E-state index in [2.05, 4.69) is 0 Å². The lowest BCUT2D eigenvalue weighted by Gasteiger charge is -2.31. The fourth-order valence-electron chi connectivity index (χ4n) is 2.72. The molecule has 1 heterocycles. The monoisotopic (exact) mass is 233 g/mol. The molecule has 2 aliphatic rings. The van der Waals surface area contributed by atoms with Crippen LogP contribution in [0.2, 0.25) is 0 Å². The van der Waals surface area contributed by atoms with Crippen LogP contribution in [0.4, 0.5) is 0 Å². The Hall–Kier alpha value is -1.39. The highest BCUT2D eigenvalue weighted by atomic mass is 16.3. The average Bonchev–Trinajstić information content (AvgIpc) is 3.11. The van der Waals surface area contributed by atoms with Gasteiger partial charge in [-0.2, -0.15) is 0 Å². The van der Waals surface area contributed by atoms with E-state index < -0.39 is 12.3 Å². The molecule has 2 fully saturated rings. The summed E-state index contributed by atoms with van der Waals surface area (Å²) in [6.07, 6.45) is 0.0635. The Kier molecular flexibility index (Phi) is 2.42. The Balaban J connectivity index is 1.89. The highest BCUT2D eigenvalue weighted by molar-refractivity contribution is 5.85. The van der Waals surface area contributed by atoms with Crippen molar-refractivity contribution in [1.82, 2.24) is 4.90 Å². The number of likely N-dealkylation sites (tertiary alicyclic amines) is 1. The molecule has 2 unspecified atom stereocenters. The number of rotatable bonds is 3. The number of nitrogens with zero attached hydrogens (tertiary/aromatic N) is 1. The van der Waals surface area contributed by atoms with Gasteiger partial charge in [0.15, 0.2) is 0 Å². The zero-order valence-electron chi connectivity index (χ0n) is 9.36. The number of carbonyl (C=O) groups excluding carboxylic acids is 1. The van der Waals surface area contributed by atoms with Crippen LogP contribution < -0.4 is 0 Å². The van der Waals surface area contributed by atoms with Gasteiger partial charge in [0.05, 0.1) is 12.6 Å². The molecule has 3 rings (SSSR count). The molecule has 2 N–H and O–H groups in total. The summed E-state index contributed by atoms with van der Waals surface area (Å²) in [6.45, 7) is -0.160. The molecule has 1 saturated heterocycles. The van der Waals surface area contributed by atoms with Crippen molar-refractivity contribution in [3.63, 3.8) is 0 Å². The molecule has 1 aliphatic heterocycles. The van der Waals surface area contributed by atoms with Gasteiger partial charge in [0.25, 0.3) is 0 Å². The summed E-state index contributed by atoms with van der Waals surface area (Å²) in [5.41, 5.74) is 0.865. The first-order valence-electron chi connectivity index (χ1n) is 5.90. The first-order valence-corrected chi connectivity index (χ1v) is 5.90. The molecule has 90 valence electrons. The summed E-state index contributed by atoms with van der Waals surface area (Å²) in [7, 11) is 0. The number of aliphatic hydroxyl groups is 2.